The number of fused-ring (bicyclic) bond motifs is 1. The van der Waals surface area contributed by atoms with Gasteiger partial charge < -0.3 is 5.32 Å². The molecule has 3 aromatic heterocycles. The fourth-order valence-electron chi connectivity index (χ4n) is 2.99. The second-order valence-corrected chi connectivity index (χ2v) is 6.96. The van der Waals surface area contributed by atoms with Crippen molar-refractivity contribution in [3.63, 3.8) is 0 Å². The maximum absolute atomic E-state index is 14.2. The van der Waals surface area contributed by atoms with Gasteiger partial charge in [-0.1, -0.05) is 13.3 Å². The SMILES string of the molecule is CCCC(Nc1ccc2nnc(-c3ccsc3)n2n1)c1cc(F)ccc1F. The van der Waals surface area contributed by atoms with E-state index in [9.17, 15) is 8.78 Å². The van der Waals surface area contributed by atoms with Crippen LogP contribution >= 0.6 is 11.3 Å². The molecule has 1 atom stereocenters. The van der Waals surface area contributed by atoms with Crippen molar-refractivity contribution in [1.29, 1.82) is 0 Å². The molecule has 0 bridgehead atoms. The van der Waals surface area contributed by atoms with Gasteiger partial charge in [-0.3, -0.25) is 0 Å². The first-order chi connectivity index (χ1) is 13.2. The van der Waals surface area contributed by atoms with Crippen LogP contribution in [0.2, 0.25) is 0 Å². The van der Waals surface area contributed by atoms with E-state index in [2.05, 4.69) is 20.6 Å². The highest BCUT2D eigenvalue weighted by molar-refractivity contribution is 7.08. The number of thiophene rings is 1. The summed E-state index contributed by atoms with van der Waals surface area (Å²) in [6.07, 6.45) is 1.45. The van der Waals surface area contributed by atoms with Gasteiger partial charge in [-0.25, -0.2) is 8.78 Å². The molecule has 0 amide bonds. The number of hydrogen-bond acceptors (Lipinski definition) is 5. The zero-order valence-corrected chi connectivity index (χ0v) is 15.4. The fraction of sp³-hybridized carbons (Fsp3) is 0.211. The molecule has 0 aliphatic carbocycles. The van der Waals surface area contributed by atoms with Crippen molar-refractivity contribution in [3.8, 4) is 11.4 Å². The Hall–Kier alpha value is -2.87. The van der Waals surface area contributed by atoms with E-state index >= 15 is 0 Å². The van der Waals surface area contributed by atoms with E-state index in [1.54, 1.807) is 28.0 Å². The summed E-state index contributed by atoms with van der Waals surface area (Å²) in [4.78, 5) is 0. The molecule has 0 aliphatic heterocycles. The van der Waals surface area contributed by atoms with Gasteiger partial charge in [0.2, 0.25) is 0 Å². The second-order valence-electron chi connectivity index (χ2n) is 6.18. The molecule has 4 rings (SSSR count). The standard InChI is InChI=1S/C19H17F2N5S/c1-2-3-16(14-10-13(20)4-5-15(14)21)22-17-6-7-18-23-24-19(26(18)25-17)12-8-9-27-11-12/h4-11,16H,2-3H2,1H3,(H,22,25). The zero-order chi connectivity index (χ0) is 18.8. The van der Waals surface area contributed by atoms with Crippen LogP contribution in [0.4, 0.5) is 14.6 Å². The van der Waals surface area contributed by atoms with Crippen LogP contribution in [0.15, 0.2) is 47.2 Å². The number of nitrogens with zero attached hydrogens (tertiary/aromatic N) is 4. The van der Waals surface area contributed by atoms with Gasteiger partial charge in [-0.2, -0.15) is 15.9 Å². The molecule has 5 nitrogen and oxygen atoms in total. The molecule has 3 heterocycles. The summed E-state index contributed by atoms with van der Waals surface area (Å²) in [6, 6.07) is 8.62. The van der Waals surface area contributed by atoms with Crippen molar-refractivity contribution in [1.82, 2.24) is 19.8 Å². The fourth-order valence-corrected chi connectivity index (χ4v) is 3.63. The normalized spacial score (nSPS) is 12.4. The van der Waals surface area contributed by atoms with Gasteiger partial charge >= 0.3 is 0 Å². The van der Waals surface area contributed by atoms with Crippen molar-refractivity contribution in [2.45, 2.75) is 25.8 Å². The van der Waals surface area contributed by atoms with E-state index in [0.717, 1.165) is 24.1 Å². The van der Waals surface area contributed by atoms with E-state index in [-0.39, 0.29) is 0 Å². The molecular weight excluding hydrogens is 368 g/mol. The third kappa shape index (κ3) is 3.52. The summed E-state index contributed by atoms with van der Waals surface area (Å²) in [5.41, 5.74) is 1.84. The molecule has 1 N–H and O–H groups in total. The van der Waals surface area contributed by atoms with Crippen LogP contribution < -0.4 is 5.32 Å². The van der Waals surface area contributed by atoms with Gasteiger partial charge in [-0.15, -0.1) is 15.3 Å². The first kappa shape index (κ1) is 17.5. The Kier molecular flexibility index (Phi) is 4.81. The van der Waals surface area contributed by atoms with Crippen LogP contribution in [0.25, 0.3) is 17.0 Å². The van der Waals surface area contributed by atoms with Crippen LogP contribution in [0, 0.1) is 11.6 Å². The Morgan fingerprint density at radius 3 is 2.81 bits per heavy atom. The molecule has 1 aromatic carbocycles. The minimum absolute atomic E-state index is 0.292. The minimum atomic E-state index is -0.462. The summed E-state index contributed by atoms with van der Waals surface area (Å²) in [6.45, 7) is 2.00. The van der Waals surface area contributed by atoms with Crippen LogP contribution in [0.5, 0.6) is 0 Å². The van der Waals surface area contributed by atoms with Gasteiger partial charge in [0.05, 0.1) is 6.04 Å². The van der Waals surface area contributed by atoms with Crippen LogP contribution in [-0.2, 0) is 0 Å². The second kappa shape index (κ2) is 7.40. The molecular formula is C19H17F2N5S. The van der Waals surface area contributed by atoms with Gasteiger partial charge in [0, 0.05) is 16.5 Å². The average molecular weight is 385 g/mol. The quantitative estimate of drug-likeness (QED) is 0.503. The topological polar surface area (TPSA) is 55.1 Å². The molecule has 27 heavy (non-hydrogen) atoms. The molecule has 4 aromatic rings. The predicted octanol–water partition coefficient (Wildman–Crippen LogP) is 5.08. The highest BCUT2D eigenvalue weighted by Crippen LogP contribution is 2.27. The molecule has 0 fully saturated rings. The van der Waals surface area contributed by atoms with Gasteiger partial charge in [-0.05, 0) is 48.2 Å². The number of nitrogens with one attached hydrogen (secondary N) is 1. The predicted molar refractivity (Wildman–Crippen MR) is 102 cm³/mol. The van der Waals surface area contributed by atoms with E-state index in [0.29, 0.717) is 29.3 Å². The third-order valence-corrected chi connectivity index (χ3v) is 4.96. The first-order valence-electron chi connectivity index (χ1n) is 8.62. The zero-order valence-electron chi connectivity index (χ0n) is 14.6. The Balaban J connectivity index is 1.70. The average Bonchev–Trinajstić information content (AvgIpc) is 3.32. The van der Waals surface area contributed by atoms with Gasteiger partial charge in [0.15, 0.2) is 11.5 Å². The Morgan fingerprint density at radius 1 is 1.15 bits per heavy atom. The van der Waals surface area contributed by atoms with Gasteiger partial charge in [0.25, 0.3) is 0 Å². The lowest BCUT2D eigenvalue weighted by atomic mass is 10.0. The lowest BCUT2D eigenvalue weighted by molar-refractivity contribution is 0.557. The molecule has 8 heteroatoms. The van der Waals surface area contributed by atoms with E-state index < -0.39 is 17.7 Å². The Labute approximate surface area is 158 Å². The van der Waals surface area contributed by atoms with Gasteiger partial charge in [0.1, 0.15) is 17.5 Å². The summed E-state index contributed by atoms with van der Waals surface area (Å²) in [5, 5.41) is 20.1. The van der Waals surface area contributed by atoms with E-state index in [1.807, 2.05) is 23.8 Å². The summed E-state index contributed by atoms with van der Waals surface area (Å²) >= 11 is 1.57. The third-order valence-electron chi connectivity index (χ3n) is 4.28. The molecule has 0 spiro atoms. The molecule has 0 radical (unpaired) electrons. The minimum Gasteiger partial charge on any atom is -0.362 e. The number of benzene rings is 1. The lowest BCUT2D eigenvalue weighted by Crippen LogP contribution is -2.14. The number of halogens is 2. The molecule has 138 valence electrons. The van der Waals surface area contributed by atoms with Crippen molar-refractivity contribution in [2.24, 2.45) is 0 Å². The van der Waals surface area contributed by atoms with Crippen molar-refractivity contribution in [2.75, 3.05) is 5.32 Å². The smallest absolute Gasteiger partial charge is 0.186 e. The maximum Gasteiger partial charge on any atom is 0.186 e. The van der Waals surface area contributed by atoms with Crippen molar-refractivity contribution in [3.05, 3.63) is 64.4 Å². The summed E-state index contributed by atoms with van der Waals surface area (Å²) in [5.74, 6) is 0.280. The molecule has 0 saturated carbocycles. The molecule has 1 unspecified atom stereocenters. The first-order valence-corrected chi connectivity index (χ1v) is 9.56. The monoisotopic (exact) mass is 385 g/mol. The number of hydrogen-bond donors (Lipinski definition) is 1. The largest absolute Gasteiger partial charge is 0.362 e. The van der Waals surface area contributed by atoms with Crippen molar-refractivity contribution < 1.29 is 8.78 Å². The van der Waals surface area contributed by atoms with Crippen LogP contribution in [0.1, 0.15) is 31.4 Å². The molecule has 0 aliphatic rings. The summed E-state index contributed by atoms with van der Waals surface area (Å²) in [7, 11) is 0. The number of anilines is 1. The number of aromatic nitrogens is 4. The number of rotatable bonds is 6. The highest BCUT2D eigenvalue weighted by Gasteiger charge is 2.18. The molecule has 0 saturated heterocycles. The Bertz CT molecular complexity index is 1060. The van der Waals surface area contributed by atoms with Crippen LogP contribution in [0.3, 0.4) is 0 Å². The Morgan fingerprint density at radius 2 is 2.04 bits per heavy atom. The maximum atomic E-state index is 14.2. The summed E-state index contributed by atoms with van der Waals surface area (Å²) < 4.78 is 29.5. The van der Waals surface area contributed by atoms with Crippen LogP contribution in [-0.4, -0.2) is 19.8 Å². The highest BCUT2D eigenvalue weighted by atomic mass is 32.1. The van der Waals surface area contributed by atoms with E-state index in [4.69, 9.17) is 0 Å². The van der Waals surface area contributed by atoms with Crippen molar-refractivity contribution >= 4 is 22.8 Å². The van der Waals surface area contributed by atoms with E-state index in [1.165, 1.54) is 6.07 Å². The lowest BCUT2D eigenvalue weighted by Gasteiger charge is -2.20.